The van der Waals surface area contributed by atoms with E-state index >= 15 is 0 Å². The van der Waals surface area contributed by atoms with E-state index in [9.17, 15) is 19.2 Å². The van der Waals surface area contributed by atoms with Crippen LogP contribution in [-0.4, -0.2) is 91.8 Å². The Morgan fingerprint density at radius 2 is 1.38 bits per heavy atom. The molecule has 2 rings (SSSR count). The third-order valence-electron chi connectivity index (χ3n) is 6.36. The van der Waals surface area contributed by atoms with Gasteiger partial charge in [0.15, 0.2) is 0 Å². The molecule has 238 valence electrons. The van der Waals surface area contributed by atoms with Crippen LogP contribution in [0.25, 0.3) is 0 Å². The van der Waals surface area contributed by atoms with E-state index in [0.29, 0.717) is 5.69 Å². The fourth-order valence-corrected chi connectivity index (χ4v) is 4.24. The number of amides is 3. The van der Waals surface area contributed by atoms with Crippen LogP contribution in [0.5, 0.6) is 0 Å². The monoisotopic (exact) mass is 594 g/mol. The molecule has 1 N–H and O–H groups in total. The molecule has 3 amide bonds. The van der Waals surface area contributed by atoms with E-state index in [1.165, 1.54) is 4.68 Å². The van der Waals surface area contributed by atoms with E-state index in [0.717, 1.165) is 6.42 Å². The smallest absolute Gasteiger partial charge is 0.410 e. The summed E-state index contributed by atoms with van der Waals surface area (Å²) in [5.74, 6) is -0.930. The van der Waals surface area contributed by atoms with Crippen molar-refractivity contribution >= 4 is 24.1 Å². The number of nitrogens with zero attached hydrogens (tertiary/aromatic N) is 5. The number of rotatable bonds is 8. The van der Waals surface area contributed by atoms with Crippen molar-refractivity contribution < 1.29 is 33.4 Å². The van der Waals surface area contributed by atoms with Crippen LogP contribution in [0.4, 0.5) is 9.59 Å². The molecule has 1 aromatic rings. The maximum atomic E-state index is 13.8. The number of piperazine rings is 1. The molecule has 0 unspecified atom stereocenters. The van der Waals surface area contributed by atoms with E-state index in [2.05, 4.69) is 15.6 Å². The van der Waals surface area contributed by atoms with Crippen LogP contribution < -0.4 is 5.32 Å². The van der Waals surface area contributed by atoms with Crippen LogP contribution in [0.2, 0.25) is 0 Å². The second kappa shape index (κ2) is 13.7. The number of nitrogens with one attached hydrogen (secondary N) is 1. The van der Waals surface area contributed by atoms with E-state index in [-0.39, 0.29) is 44.4 Å². The molecule has 0 spiro atoms. The summed E-state index contributed by atoms with van der Waals surface area (Å²) in [5.41, 5.74) is -1.61. The molecule has 13 heteroatoms. The Morgan fingerprint density at radius 1 is 0.857 bits per heavy atom. The zero-order valence-corrected chi connectivity index (χ0v) is 27.1. The fraction of sp³-hybridized carbons (Fsp3) is 0.793. The minimum atomic E-state index is -1.03. The number of carbonyl (C=O) groups is 4. The van der Waals surface area contributed by atoms with Crippen LogP contribution >= 0.6 is 0 Å². The van der Waals surface area contributed by atoms with Gasteiger partial charge in [0.25, 0.3) is 0 Å². The van der Waals surface area contributed by atoms with Gasteiger partial charge in [-0.25, -0.2) is 14.3 Å². The molecular weight excluding hydrogens is 544 g/mol. The van der Waals surface area contributed by atoms with Crippen molar-refractivity contribution in [3.8, 4) is 0 Å². The highest BCUT2D eigenvalue weighted by molar-refractivity contribution is 5.85. The minimum absolute atomic E-state index is 0.0244. The standard InChI is InChI=1S/C29H50N6O7/c1-12-19(2)23(30-25(38)41-28(6,7)8)20-18-35(32-31-20)21(17-22(36)40-27(3,4)5)24(37)33-13-15-34(16-14-33)26(39)42-29(9,10)11/h18-19,21,23H,12-17H2,1-11H3,(H,30,38)/t19-,21-,23-/m0/s1. The first-order valence-corrected chi connectivity index (χ1v) is 14.6. The first kappa shape index (κ1) is 34.8. The van der Waals surface area contributed by atoms with Crippen LogP contribution in [0.1, 0.15) is 107 Å². The summed E-state index contributed by atoms with van der Waals surface area (Å²) in [6, 6.07) is -1.57. The molecular formula is C29H50N6O7. The summed E-state index contributed by atoms with van der Waals surface area (Å²) < 4.78 is 17.8. The molecule has 13 nitrogen and oxygen atoms in total. The van der Waals surface area contributed by atoms with E-state index in [1.807, 2.05) is 13.8 Å². The van der Waals surface area contributed by atoms with Crippen LogP contribution in [-0.2, 0) is 23.8 Å². The Labute approximate surface area is 249 Å². The van der Waals surface area contributed by atoms with Gasteiger partial charge in [-0.05, 0) is 68.2 Å². The lowest BCUT2D eigenvalue weighted by molar-refractivity contribution is -0.158. The average molecular weight is 595 g/mol. The summed E-state index contributed by atoms with van der Waals surface area (Å²) in [7, 11) is 0. The molecule has 1 aliphatic heterocycles. The van der Waals surface area contributed by atoms with Crippen molar-refractivity contribution in [3.63, 3.8) is 0 Å². The Morgan fingerprint density at radius 3 is 1.88 bits per heavy atom. The maximum Gasteiger partial charge on any atom is 0.410 e. The quantitative estimate of drug-likeness (QED) is 0.345. The number of hydrogen-bond acceptors (Lipinski definition) is 9. The highest BCUT2D eigenvalue weighted by atomic mass is 16.6. The van der Waals surface area contributed by atoms with Gasteiger partial charge in [0.05, 0.1) is 18.7 Å². The number of esters is 1. The maximum absolute atomic E-state index is 13.8. The van der Waals surface area contributed by atoms with E-state index < -0.39 is 47.0 Å². The fourth-order valence-electron chi connectivity index (χ4n) is 4.24. The van der Waals surface area contributed by atoms with Crippen molar-refractivity contribution in [3.05, 3.63) is 11.9 Å². The second-order valence-electron chi connectivity index (χ2n) is 13.7. The van der Waals surface area contributed by atoms with Crippen molar-refractivity contribution in [2.75, 3.05) is 26.2 Å². The number of alkyl carbamates (subject to hydrolysis) is 1. The molecule has 1 aromatic heterocycles. The lowest BCUT2D eigenvalue weighted by atomic mass is 9.97. The highest BCUT2D eigenvalue weighted by Crippen LogP contribution is 2.26. The lowest BCUT2D eigenvalue weighted by Crippen LogP contribution is -2.53. The van der Waals surface area contributed by atoms with Gasteiger partial charge in [-0.2, -0.15) is 0 Å². The van der Waals surface area contributed by atoms with Crippen molar-refractivity contribution in [1.82, 2.24) is 30.1 Å². The predicted molar refractivity (Wildman–Crippen MR) is 155 cm³/mol. The van der Waals surface area contributed by atoms with Gasteiger partial charge in [0, 0.05) is 26.2 Å². The molecule has 2 heterocycles. The SMILES string of the molecule is CC[C@H](C)[C@H](NC(=O)OC(C)(C)C)c1cn([C@@H](CC(=O)OC(C)(C)C)C(=O)N2CCN(C(=O)OC(C)(C)C)CC2)nn1. The van der Waals surface area contributed by atoms with E-state index in [4.69, 9.17) is 14.2 Å². The molecule has 3 atom stereocenters. The lowest BCUT2D eigenvalue weighted by Gasteiger charge is -2.37. The van der Waals surface area contributed by atoms with Gasteiger partial charge in [-0.3, -0.25) is 9.59 Å². The second-order valence-corrected chi connectivity index (χ2v) is 13.7. The number of carbonyl (C=O) groups excluding carboxylic acids is 4. The molecule has 0 bridgehead atoms. The number of ether oxygens (including phenoxy) is 3. The van der Waals surface area contributed by atoms with Gasteiger partial charge in [0.1, 0.15) is 28.5 Å². The Hall–Kier alpha value is -3.38. The van der Waals surface area contributed by atoms with Crippen molar-refractivity contribution in [2.45, 2.75) is 118 Å². The minimum Gasteiger partial charge on any atom is -0.460 e. The summed E-state index contributed by atoms with van der Waals surface area (Å²) in [6.07, 6.45) is 1.02. The first-order valence-electron chi connectivity index (χ1n) is 14.6. The van der Waals surface area contributed by atoms with Crippen LogP contribution in [0.15, 0.2) is 6.20 Å². The molecule has 1 saturated heterocycles. The van der Waals surface area contributed by atoms with Gasteiger partial charge in [-0.1, -0.05) is 25.5 Å². The molecule has 42 heavy (non-hydrogen) atoms. The third kappa shape index (κ3) is 11.1. The zero-order valence-electron chi connectivity index (χ0n) is 27.1. The van der Waals surface area contributed by atoms with Gasteiger partial charge in [-0.15, -0.1) is 5.10 Å². The molecule has 1 fully saturated rings. The van der Waals surface area contributed by atoms with Gasteiger partial charge in [0.2, 0.25) is 5.91 Å². The normalized spacial score (nSPS) is 16.7. The van der Waals surface area contributed by atoms with Crippen molar-refractivity contribution in [1.29, 1.82) is 0 Å². The molecule has 0 saturated carbocycles. The van der Waals surface area contributed by atoms with E-state index in [1.54, 1.807) is 78.3 Å². The Kier molecular flexibility index (Phi) is 11.4. The Bertz CT molecular complexity index is 1090. The molecule has 1 aliphatic rings. The first-order chi connectivity index (χ1) is 19.2. The molecule has 0 radical (unpaired) electrons. The van der Waals surface area contributed by atoms with Crippen LogP contribution in [0, 0.1) is 5.92 Å². The summed E-state index contributed by atoms with van der Waals surface area (Å²) in [4.78, 5) is 55.0. The zero-order chi connectivity index (χ0) is 32.0. The predicted octanol–water partition coefficient (Wildman–Crippen LogP) is 4.24. The average Bonchev–Trinajstić information content (AvgIpc) is 3.31. The summed E-state index contributed by atoms with van der Waals surface area (Å²) in [6.45, 7) is 21.1. The summed E-state index contributed by atoms with van der Waals surface area (Å²) in [5, 5.41) is 11.4. The molecule has 0 aliphatic carbocycles. The number of aromatic nitrogens is 3. The van der Waals surface area contributed by atoms with Crippen LogP contribution in [0.3, 0.4) is 0 Å². The van der Waals surface area contributed by atoms with Gasteiger partial charge >= 0.3 is 18.2 Å². The molecule has 0 aromatic carbocycles. The third-order valence-corrected chi connectivity index (χ3v) is 6.36. The Balaban J connectivity index is 2.30. The largest absolute Gasteiger partial charge is 0.460 e. The topological polar surface area (TPSA) is 145 Å². The number of hydrogen-bond donors (Lipinski definition) is 1. The summed E-state index contributed by atoms with van der Waals surface area (Å²) >= 11 is 0. The highest BCUT2D eigenvalue weighted by Gasteiger charge is 2.35. The van der Waals surface area contributed by atoms with Crippen molar-refractivity contribution in [2.24, 2.45) is 5.92 Å². The van der Waals surface area contributed by atoms with Gasteiger partial charge < -0.3 is 29.3 Å².